The lowest BCUT2D eigenvalue weighted by atomic mass is 10.1. The van der Waals surface area contributed by atoms with Crippen molar-refractivity contribution < 1.29 is 13.9 Å². The van der Waals surface area contributed by atoms with Gasteiger partial charge in [0.15, 0.2) is 17.5 Å². The van der Waals surface area contributed by atoms with E-state index >= 15 is 0 Å². The van der Waals surface area contributed by atoms with Crippen LogP contribution in [0.2, 0.25) is 0 Å². The van der Waals surface area contributed by atoms with Gasteiger partial charge in [-0.1, -0.05) is 13.0 Å². The van der Waals surface area contributed by atoms with Crippen molar-refractivity contribution >= 4 is 5.96 Å². The molecule has 1 saturated heterocycles. The molecule has 0 saturated carbocycles. The van der Waals surface area contributed by atoms with Crippen LogP contribution in [0.15, 0.2) is 23.2 Å². The van der Waals surface area contributed by atoms with E-state index in [0.717, 1.165) is 45.0 Å². The first kappa shape index (κ1) is 20.5. The van der Waals surface area contributed by atoms with Gasteiger partial charge in [-0.2, -0.15) is 0 Å². The summed E-state index contributed by atoms with van der Waals surface area (Å²) in [5.41, 5.74) is 0.840. The molecule has 0 amide bonds. The van der Waals surface area contributed by atoms with Crippen molar-refractivity contribution in [3.63, 3.8) is 0 Å². The van der Waals surface area contributed by atoms with E-state index in [9.17, 15) is 4.39 Å². The molecule has 2 N–H and O–H groups in total. The highest BCUT2D eigenvalue weighted by Crippen LogP contribution is 2.21. The van der Waals surface area contributed by atoms with Crippen LogP contribution in [0.4, 0.5) is 4.39 Å². The fourth-order valence-corrected chi connectivity index (χ4v) is 2.99. The average molecular weight is 366 g/mol. The Bertz CT molecular complexity index is 591. The SMILES string of the molecule is CN=C(NCC(C)CN1CCOCC1)NC(C)c1ccc(OC)c(F)c1. The number of nitrogens with one attached hydrogen (secondary N) is 2. The van der Waals surface area contributed by atoms with Gasteiger partial charge in [-0.15, -0.1) is 0 Å². The van der Waals surface area contributed by atoms with Crippen LogP contribution >= 0.6 is 0 Å². The van der Waals surface area contributed by atoms with Crippen molar-refractivity contribution in [3.05, 3.63) is 29.6 Å². The van der Waals surface area contributed by atoms with Crippen molar-refractivity contribution in [3.8, 4) is 5.75 Å². The first-order valence-corrected chi connectivity index (χ1v) is 9.14. The van der Waals surface area contributed by atoms with E-state index in [4.69, 9.17) is 9.47 Å². The summed E-state index contributed by atoms with van der Waals surface area (Å²) in [5, 5.41) is 6.66. The summed E-state index contributed by atoms with van der Waals surface area (Å²) in [6.45, 7) is 9.68. The van der Waals surface area contributed by atoms with Crippen molar-refractivity contribution in [2.45, 2.75) is 19.9 Å². The first-order chi connectivity index (χ1) is 12.5. The van der Waals surface area contributed by atoms with E-state index in [-0.39, 0.29) is 17.6 Å². The number of morpholine rings is 1. The molecule has 0 radical (unpaired) electrons. The van der Waals surface area contributed by atoms with E-state index < -0.39 is 0 Å². The molecule has 1 fully saturated rings. The van der Waals surface area contributed by atoms with Crippen molar-refractivity contribution in [1.29, 1.82) is 0 Å². The van der Waals surface area contributed by atoms with Crippen molar-refractivity contribution in [2.75, 3.05) is 53.6 Å². The summed E-state index contributed by atoms with van der Waals surface area (Å²) in [4.78, 5) is 6.70. The van der Waals surface area contributed by atoms with Crippen LogP contribution in [0.25, 0.3) is 0 Å². The summed E-state index contributed by atoms with van der Waals surface area (Å²) < 4.78 is 24.2. The number of methoxy groups -OCH3 is 1. The molecule has 1 heterocycles. The largest absolute Gasteiger partial charge is 0.494 e. The van der Waals surface area contributed by atoms with Gasteiger partial charge in [0.05, 0.1) is 26.4 Å². The van der Waals surface area contributed by atoms with Gasteiger partial charge in [0.25, 0.3) is 0 Å². The van der Waals surface area contributed by atoms with E-state index in [0.29, 0.717) is 11.9 Å². The quantitative estimate of drug-likeness (QED) is 0.571. The second kappa shape index (κ2) is 10.3. The van der Waals surface area contributed by atoms with Gasteiger partial charge in [-0.25, -0.2) is 4.39 Å². The number of hydrogen-bond donors (Lipinski definition) is 2. The Kier molecular flexibility index (Phi) is 8.12. The predicted octanol–water partition coefficient (Wildman–Crippen LogP) is 2.03. The van der Waals surface area contributed by atoms with E-state index in [1.807, 2.05) is 13.0 Å². The zero-order valence-corrected chi connectivity index (χ0v) is 16.2. The monoisotopic (exact) mass is 366 g/mol. The lowest BCUT2D eigenvalue weighted by Gasteiger charge is -2.29. The van der Waals surface area contributed by atoms with Gasteiger partial charge in [-0.3, -0.25) is 9.89 Å². The lowest BCUT2D eigenvalue weighted by molar-refractivity contribution is 0.0320. The molecular weight excluding hydrogens is 335 g/mol. The van der Waals surface area contributed by atoms with Gasteiger partial charge in [0.1, 0.15) is 0 Å². The van der Waals surface area contributed by atoms with Crippen molar-refractivity contribution in [2.24, 2.45) is 10.9 Å². The van der Waals surface area contributed by atoms with Crippen LogP contribution in [0.1, 0.15) is 25.5 Å². The van der Waals surface area contributed by atoms with E-state index in [2.05, 4.69) is 27.4 Å². The Balaban J connectivity index is 1.81. The number of guanidine groups is 1. The smallest absolute Gasteiger partial charge is 0.191 e. The Morgan fingerprint density at radius 2 is 2.08 bits per heavy atom. The molecule has 0 spiro atoms. The van der Waals surface area contributed by atoms with Gasteiger partial charge in [-0.05, 0) is 30.5 Å². The molecule has 1 aliphatic heterocycles. The Labute approximate surface area is 155 Å². The fourth-order valence-electron chi connectivity index (χ4n) is 2.99. The summed E-state index contributed by atoms with van der Waals surface area (Å²) in [5.74, 6) is 1.09. The zero-order chi connectivity index (χ0) is 18.9. The summed E-state index contributed by atoms with van der Waals surface area (Å²) in [6.07, 6.45) is 0. The standard InChI is InChI=1S/C19H31FN4O2/c1-14(13-24-7-9-26-10-8-24)12-22-19(21-3)23-15(2)16-5-6-18(25-4)17(20)11-16/h5-6,11,14-15H,7-10,12-13H2,1-4H3,(H2,21,22,23). The van der Waals surface area contributed by atoms with Crippen LogP contribution in [-0.2, 0) is 4.74 Å². The maximum atomic E-state index is 13.9. The summed E-state index contributed by atoms with van der Waals surface area (Å²) in [7, 11) is 3.20. The molecular formula is C19H31FN4O2. The van der Waals surface area contributed by atoms with Gasteiger partial charge >= 0.3 is 0 Å². The van der Waals surface area contributed by atoms with Crippen LogP contribution in [0.3, 0.4) is 0 Å². The van der Waals surface area contributed by atoms with Gasteiger partial charge in [0.2, 0.25) is 0 Å². The van der Waals surface area contributed by atoms with E-state index in [1.54, 1.807) is 13.1 Å². The molecule has 0 aliphatic carbocycles. The number of ether oxygens (including phenoxy) is 2. The lowest BCUT2D eigenvalue weighted by Crippen LogP contribution is -2.44. The molecule has 7 heteroatoms. The minimum Gasteiger partial charge on any atom is -0.494 e. The maximum absolute atomic E-state index is 13.9. The second-order valence-corrected chi connectivity index (χ2v) is 6.73. The molecule has 2 atom stereocenters. The molecule has 0 bridgehead atoms. The zero-order valence-electron chi connectivity index (χ0n) is 16.2. The third-order valence-corrected chi connectivity index (χ3v) is 4.54. The molecule has 26 heavy (non-hydrogen) atoms. The highest BCUT2D eigenvalue weighted by Gasteiger charge is 2.15. The number of aliphatic imine (C=N–C) groups is 1. The number of rotatable bonds is 7. The molecule has 1 aromatic carbocycles. The molecule has 1 aliphatic rings. The van der Waals surface area contributed by atoms with Crippen molar-refractivity contribution in [1.82, 2.24) is 15.5 Å². The number of halogens is 1. The molecule has 146 valence electrons. The molecule has 1 aromatic rings. The Hall–Kier alpha value is -1.86. The average Bonchev–Trinajstić information content (AvgIpc) is 2.65. The molecule has 2 rings (SSSR count). The number of benzene rings is 1. The molecule has 0 aromatic heterocycles. The highest BCUT2D eigenvalue weighted by molar-refractivity contribution is 5.80. The van der Waals surface area contributed by atoms with Crippen LogP contribution in [0.5, 0.6) is 5.75 Å². The maximum Gasteiger partial charge on any atom is 0.191 e. The minimum atomic E-state index is -0.360. The predicted molar refractivity (Wildman–Crippen MR) is 102 cm³/mol. The highest BCUT2D eigenvalue weighted by atomic mass is 19.1. The number of hydrogen-bond acceptors (Lipinski definition) is 4. The number of nitrogens with zero attached hydrogens (tertiary/aromatic N) is 2. The minimum absolute atomic E-state index is 0.0730. The summed E-state index contributed by atoms with van der Waals surface area (Å²) >= 11 is 0. The normalized spacial score (nSPS) is 18.3. The van der Waals surface area contributed by atoms with Gasteiger partial charge in [0, 0.05) is 33.2 Å². The Morgan fingerprint density at radius 1 is 1.35 bits per heavy atom. The van der Waals surface area contributed by atoms with Gasteiger partial charge < -0.3 is 20.1 Å². The summed E-state index contributed by atoms with van der Waals surface area (Å²) in [6, 6.07) is 4.92. The molecule has 6 nitrogen and oxygen atoms in total. The van der Waals surface area contributed by atoms with E-state index in [1.165, 1.54) is 13.2 Å². The second-order valence-electron chi connectivity index (χ2n) is 6.73. The van der Waals surface area contributed by atoms with Crippen LogP contribution < -0.4 is 15.4 Å². The fraction of sp³-hybridized carbons (Fsp3) is 0.632. The third kappa shape index (κ3) is 6.14. The topological polar surface area (TPSA) is 58.1 Å². The first-order valence-electron chi connectivity index (χ1n) is 9.14. The van der Waals surface area contributed by atoms with Crippen LogP contribution in [-0.4, -0.2) is 64.4 Å². The molecule has 2 unspecified atom stereocenters. The van der Waals surface area contributed by atoms with Crippen LogP contribution in [0, 0.1) is 11.7 Å². The Morgan fingerprint density at radius 3 is 2.69 bits per heavy atom. The third-order valence-electron chi connectivity index (χ3n) is 4.54.